The molecule has 0 fully saturated rings. The van der Waals surface area contributed by atoms with Gasteiger partial charge in [0.05, 0.1) is 10.6 Å². The van der Waals surface area contributed by atoms with Gasteiger partial charge in [0.2, 0.25) is 0 Å². The summed E-state index contributed by atoms with van der Waals surface area (Å²) >= 11 is 6.12. The van der Waals surface area contributed by atoms with Gasteiger partial charge in [-0.25, -0.2) is 8.42 Å². The molecular formula is C15H17ClN2O2S. The highest BCUT2D eigenvalue weighted by Crippen LogP contribution is 2.23. The summed E-state index contributed by atoms with van der Waals surface area (Å²) in [5.74, 6) is 0. The lowest BCUT2D eigenvalue weighted by molar-refractivity contribution is 0.598. The largest absolute Gasteiger partial charge is 0.307 e. The van der Waals surface area contributed by atoms with Crippen LogP contribution in [0.4, 0.5) is 0 Å². The van der Waals surface area contributed by atoms with Crippen molar-refractivity contribution >= 4 is 21.4 Å². The summed E-state index contributed by atoms with van der Waals surface area (Å²) in [5.41, 5.74) is 2.63. The third-order valence-electron chi connectivity index (χ3n) is 3.06. The first-order chi connectivity index (χ1) is 9.88. The van der Waals surface area contributed by atoms with Gasteiger partial charge in [-0.15, -0.1) is 0 Å². The Morgan fingerprint density at radius 3 is 2.67 bits per heavy atom. The van der Waals surface area contributed by atoms with Crippen molar-refractivity contribution < 1.29 is 8.42 Å². The molecule has 0 radical (unpaired) electrons. The standard InChI is InChI=1S/C15H17ClN2O2S/c1-11-6-7-18-12(8-11)9-17-10-13-14(16)4-3-5-15(13)21(2,19)20/h3-8,17H,9-10H2,1-2H3. The fourth-order valence-electron chi connectivity index (χ4n) is 2.07. The molecule has 0 aliphatic carbocycles. The molecule has 2 aromatic rings. The number of nitrogens with one attached hydrogen (secondary N) is 1. The van der Waals surface area contributed by atoms with Crippen molar-refractivity contribution in [1.29, 1.82) is 0 Å². The highest BCUT2D eigenvalue weighted by Gasteiger charge is 2.15. The zero-order chi connectivity index (χ0) is 15.5. The summed E-state index contributed by atoms with van der Waals surface area (Å²) in [7, 11) is -3.30. The second-order valence-corrected chi connectivity index (χ2v) is 7.31. The van der Waals surface area contributed by atoms with Crippen molar-refractivity contribution in [1.82, 2.24) is 10.3 Å². The van der Waals surface area contributed by atoms with Gasteiger partial charge in [-0.05, 0) is 36.8 Å². The van der Waals surface area contributed by atoms with Crippen LogP contribution in [0.15, 0.2) is 41.4 Å². The van der Waals surface area contributed by atoms with Crippen LogP contribution in [0.2, 0.25) is 5.02 Å². The smallest absolute Gasteiger partial charge is 0.175 e. The van der Waals surface area contributed by atoms with Crippen LogP contribution in [0.3, 0.4) is 0 Å². The average Bonchev–Trinajstić information content (AvgIpc) is 2.39. The lowest BCUT2D eigenvalue weighted by atomic mass is 10.2. The minimum Gasteiger partial charge on any atom is -0.307 e. The predicted molar refractivity (Wildman–Crippen MR) is 84.1 cm³/mol. The second kappa shape index (κ2) is 6.56. The van der Waals surface area contributed by atoms with Crippen LogP contribution in [0, 0.1) is 6.92 Å². The Morgan fingerprint density at radius 2 is 2.00 bits per heavy atom. The highest BCUT2D eigenvalue weighted by atomic mass is 35.5. The number of hydrogen-bond acceptors (Lipinski definition) is 4. The van der Waals surface area contributed by atoms with Gasteiger partial charge in [-0.2, -0.15) is 0 Å². The summed E-state index contributed by atoms with van der Waals surface area (Å²) in [4.78, 5) is 4.51. The van der Waals surface area contributed by atoms with Crippen molar-refractivity contribution in [3.8, 4) is 0 Å². The minimum absolute atomic E-state index is 0.264. The first-order valence-electron chi connectivity index (χ1n) is 6.47. The van der Waals surface area contributed by atoms with Gasteiger partial charge in [0.1, 0.15) is 0 Å². The quantitative estimate of drug-likeness (QED) is 0.918. The Balaban J connectivity index is 2.14. The zero-order valence-corrected chi connectivity index (χ0v) is 13.5. The van der Waals surface area contributed by atoms with E-state index in [0.29, 0.717) is 23.7 Å². The van der Waals surface area contributed by atoms with Crippen LogP contribution >= 0.6 is 11.6 Å². The number of aromatic nitrogens is 1. The van der Waals surface area contributed by atoms with Crippen molar-refractivity contribution in [2.75, 3.05) is 6.26 Å². The lowest BCUT2D eigenvalue weighted by Gasteiger charge is -2.11. The molecule has 1 N–H and O–H groups in total. The topological polar surface area (TPSA) is 59.1 Å². The second-order valence-electron chi connectivity index (χ2n) is 4.92. The number of hydrogen-bond donors (Lipinski definition) is 1. The SMILES string of the molecule is Cc1ccnc(CNCc2c(Cl)cccc2S(C)(=O)=O)c1. The van der Waals surface area contributed by atoms with E-state index in [1.165, 1.54) is 6.26 Å². The lowest BCUT2D eigenvalue weighted by Crippen LogP contribution is -2.16. The third kappa shape index (κ3) is 4.27. The van der Waals surface area contributed by atoms with E-state index in [0.717, 1.165) is 11.3 Å². The van der Waals surface area contributed by atoms with Gasteiger partial charge in [0.25, 0.3) is 0 Å². The molecule has 2 rings (SSSR count). The van der Waals surface area contributed by atoms with Gasteiger partial charge < -0.3 is 5.32 Å². The Kier molecular flexibility index (Phi) is 4.98. The van der Waals surface area contributed by atoms with Crippen molar-refractivity contribution in [3.05, 3.63) is 58.4 Å². The molecule has 0 bridgehead atoms. The summed E-state index contributed by atoms with van der Waals surface area (Å²) in [6, 6.07) is 8.82. The molecule has 21 heavy (non-hydrogen) atoms. The molecular weight excluding hydrogens is 308 g/mol. The zero-order valence-electron chi connectivity index (χ0n) is 11.9. The van der Waals surface area contributed by atoms with Crippen LogP contribution in [-0.2, 0) is 22.9 Å². The molecule has 0 aliphatic heterocycles. The normalized spacial score (nSPS) is 11.6. The molecule has 112 valence electrons. The van der Waals surface area contributed by atoms with Crippen molar-refractivity contribution in [2.24, 2.45) is 0 Å². The van der Waals surface area contributed by atoms with Gasteiger partial charge in [0.15, 0.2) is 9.84 Å². The van der Waals surface area contributed by atoms with E-state index in [-0.39, 0.29) is 4.90 Å². The molecule has 1 aromatic heterocycles. The summed E-state index contributed by atoms with van der Waals surface area (Å²) in [5, 5.41) is 3.63. The van der Waals surface area contributed by atoms with Crippen molar-refractivity contribution in [3.63, 3.8) is 0 Å². The first kappa shape index (κ1) is 15.9. The maximum atomic E-state index is 11.8. The van der Waals surface area contributed by atoms with E-state index in [2.05, 4.69) is 10.3 Å². The maximum absolute atomic E-state index is 11.8. The molecule has 0 aliphatic rings. The summed E-state index contributed by atoms with van der Waals surface area (Å²) < 4.78 is 23.6. The number of aryl methyl sites for hydroxylation is 1. The predicted octanol–water partition coefficient (Wildman–Crippen LogP) is 2.74. The molecule has 4 nitrogen and oxygen atoms in total. The number of sulfone groups is 1. The van der Waals surface area contributed by atoms with E-state index in [4.69, 9.17) is 11.6 Å². The van der Waals surface area contributed by atoms with Gasteiger partial charge in [-0.1, -0.05) is 17.7 Å². The average molecular weight is 325 g/mol. The molecule has 0 saturated carbocycles. The molecule has 1 aromatic carbocycles. The molecule has 0 spiro atoms. The molecule has 0 unspecified atom stereocenters. The Bertz CT molecular complexity index is 745. The number of nitrogens with zero attached hydrogens (tertiary/aromatic N) is 1. The fraction of sp³-hybridized carbons (Fsp3) is 0.267. The van der Waals surface area contributed by atoms with E-state index in [1.807, 2.05) is 19.1 Å². The Hall–Kier alpha value is -1.43. The molecule has 6 heteroatoms. The van der Waals surface area contributed by atoms with Gasteiger partial charge >= 0.3 is 0 Å². The fourth-order valence-corrected chi connectivity index (χ4v) is 3.32. The van der Waals surface area contributed by atoms with E-state index >= 15 is 0 Å². The summed E-state index contributed by atoms with van der Waals surface area (Å²) in [6.07, 6.45) is 2.94. The maximum Gasteiger partial charge on any atom is 0.175 e. The summed E-state index contributed by atoms with van der Waals surface area (Å²) in [6.45, 7) is 2.93. The van der Waals surface area contributed by atoms with Crippen LogP contribution < -0.4 is 5.32 Å². The number of rotatable bonds is 5. The first-order valence-corrected chi connectivity index (χ1v) is 8.74. The molecule has 0 saturated heterocycles. The number of pyridine rings is 1. The minimum atomic E-state index is -3.30. The monoisotopic (exact) mass is 324 g/mol. The third-order valence-corrected chi connectivity index (χ3v) is 4.59. The molecule has 1 heterocycles. The Labute approximate surface area is 130 Å². The Morgan fingerprint density at radius 1 is 1.24 bits per heavy atom. The van der Waals surface area contributed by atoms with E-state index < -0.39 is 9.84 Å². The van der Waals surface area contributed by atoms with Crippen LogP contribution in [0.5, 0.6) is 0 Å². The van der Waals surface area contributed by atoms with E-state index in [9.17, 15) is 8.42 Å². The van der Waals surface area contributed by atoms with Gasteiger partial charge in [-0.3, -0.25) is 4.98 Å². The van der Waals surface area contributed by atoms with Crippen molar-refractivity contribution in [2.45, 2.75) is 24.9 Å². The highest BCUT2D eigenvalue weighted by molar-refractivity contribution is 7.90. The van der Waals surface area contributed by atoms with Gasteiger partial charge in [0, 0.05) is 36.1 Å². The number of benzene rings is 1. The number of halogens is 1. The van der Waals surface area contributed by atoms with Crippen LogP contribution in [0.25, 0.3) is 0 Å². The molecule has 0 atom stereocenters. The molecule has 0 amide bonds. The van der Waals surface area contributed by atoms with E-state index in [1.54, 1.807) is 24.4 Å². The van der Waals surface area contributed by atoms with Crippen LogP contribution in [-0.4, -0.2) is 19.7 Å². The van der Waals surface area contributed by atoms with Crippen LogP contribution in [0.1, 0.15) is 16.8 Å².